The molecule has 1 aliphatic rings. The van der Waals surface area contributed by atoms with E-state index in [9.17, 15) is 8.42 Å². The highest BCUT2D eigenvalue weighted by Gasteiger charge is 2.36. The average molecular weight is 537 g/mol. The standard InChI is InChI=1S/C23H29ClN6O5S/c1-13(21-25-11-16(24)12-26-21)15(3)36(31,32)29-23-28-27-22(17-9-10-35-14(17)2)30(23)20-18(33-4)7-6-8-19(20)34-5/h6-8,11-15,17H,9-10H2,1-5H3,(H,28,29)/t13-,14+,15-,17-/m0/s1. The van der Waals surface area contributed by atoms with Gasteiger partial charge in [0.25, 0.3) is 0 Å². The number of methoxy groups -OCH3 is 2. The van der Waals surface area contributed by atoms with Crippen molar-refractivity contribution in [1.29, 1.82) is 0 Å². The number of para-hydroxylation sites is 1. The summed E-state index contributed by atoms with van der Waals surface area (Å²) in [5.41, 5.74) is 0.487. The van der Waals surface area contributed by atoms with Gasteiger partial charge in [-0.1, -0.05) is 24.6 Å². The van der Waals surface area contributed by atoms with Gasteiger partial charge < -0.3 is 14.2 Å². The molecule has 0 unspecified atom stereocenters. The highest BCUT2D eigenvalue weighted by Crippen LogP contribution is 2.40. The molecule has 0 aliphatic carbocycles. The maximum Gasteiger partial charge on any atom is 0.243 e. The number of hydrogen-bond acceptors (Lipinski definition) is 9. The molecule has 0 radical (unpaired) electrons. The maximum absolute atomic E-state index is 13.5. The molecule has 1 fully saturated rings. The number of hydrogen-bond donors (Lipinski definition) is 1. The largest absolute Gasteiger partial charge is 0.494 e. The van der Waals surface area contributed by atoms with E-state index >= 15 is 0 Å². The van der Waals surface area contributed by atoms with Crippen LogP contribution in [0.25, 0.3) is 5.69 Å². The normalized spacial score (nSPS) is 19.6. The fourth-order valence-electron chi connectivity index (χ4n) is 4.20. The Morgan fingerprint density at radius 3 is 2.33 bits per heavy atom. The van der Waals surface area contributed by atoms with Gasteiger partial charge in [0, 0.05) is 30.8 Å². The predicted octanol–water partition coefficient (Wildman–Crippen LogP) is 3.55. The quantitative estimate of drug-likeness (QED) is 0.436. The summed E-state index contributed by atoms with van der Waals surface area (Å²) in [6.07, 6.45) is 3.47. The van der Waals surface area contributed by atoms with Crippen LogP contribution in [0.2, 0.25) is 5.02 Å². The number of ether oxygens (including phenoxy) is 3. The monoisotopic (exact) mass is 536 g/mol. The van der Waals surface area contributed by atoms with Crippen LogP contribution in [-0.2, 0) is 14.8 Å². The first-order valence-electron chi connectivity index (χ1n) is 11.4. The molecule has 1 aromatic carbocycles. The van der Waals surface area contributed by atoms with Gasteiger partial charge in [-0.15, -0.1) is 10.2 Å². The fraction of sp³-hybridized carbons (Fsp3) is 0.478. The SMILES string of the molecule is COc1cccc(OC)c1-n1c(NS(=O)(=O)[C@@H](C)[C@H](C)c2ncc(Cl)cn2)nnc1[C@H]1CCO[C@@H]1C. The summed E-state index contributed by atoms with van der Waals surface area (Å²) >= 11 is 5.88. The summed E-state index contributed by atoms with van der Waals surface area (Å²) in [6, 6.07) is 5.31. The lowest BCUT2D eigenvalue weighted by Crippen LogP contribution is -2.31. The first-order valence-corrected chi connectivity index (χ1v) is 13.4. The van der Waals surface area contributed by atoms with Crippen LogP contribution in [-0.4, -0.2) is 65.3 Å². The molecule has 1 N–H and O–H groups in total. The lowest BCUT2D eigenvalue weighted by atomic mass is 10.0. The van der Waals surface area contributed by atoms with E-state index in [4.69, 9.17) is 25.8 Å². The van der Waals surface area contributed by atoms with E-state index in [-0.39, 0.29) is 18.0 Å². The summed E-state index contributed by atoms with van der Waals surface area (Å²) in [7, 11) is -0.901. The third-order valence-corrected chi connectivity index (χ3v) is 8.55. The van der Waals surface area contributed by atoms with Crippen molar-refractivity contribution in [1.82, 2.24) is 24.7 Å². The molecule has 3 aromatic rings. The number of nitrogens with zero attached hydrogens (tertiary/aromatic N) is 5. The molecule has 36 heavy (non-hydrogen) atoms. The number of halogens is 1. The summed E-state index contributed by atoms with van der Waals surface area (Å²) in [4.78, 5) is 8.36. The number of sulfonamides is 1. The van der Waals surface area contributed by atoms with Crippen molar-refractivity contribution < 1.29 is 22.6 Å². The van der Waals surface area contributed by atoms with Crippen LogP contribution in [0, 0.1) is 0 Å². The summed E-state index contributed by atoms with van der Waals surface area (Å²) in [5.74, 6) is 1.23. The third-order valence-electron chi connectivity index (χ3n) is 6.50. The fourth-order valence-corrected chi connectivity index (χ4v) is 5.53. The molecule has 3 heterocycles. The van der Waals surface area contributed by atoms with Crippen LogP contribution in [0.3, 0.4) is 0 Å². The van der Waals surface area contributed by atoms with E-state index in [1.165, 1.54) is 26.6 Å². The van der Waals surface area contributed by atoms with Crippen molar-refractivity contribution in [3.8, 4) is 17.2 Å². The number of benzene rings is 1. The van der Waals surface area contributed by atoms with Crippen LogP contribution in [0.5, 0.6) is 11.5 Å². The third kappa shape index (κ3) is 4.97. The molecule has 2 aromatic heterocycles. The Balaban J connectivity index is 1.78. The van der Waals surface area contributed by atoms with E-state index in [2.05, 4.69) is 24.9 Å². The molecule has 4 rings (SSSR count). The minimum Gasteiger partial charge on any atom is -0.494 e. The molecule has 4 atom stereocenters. The highest BCUT2D eigenvalue weighted by atomic mass is 35.5. The molecule has 1 saturated heterocycles. The molecule has 0 saturated carbocycles. The Labute approximate surface area is 215 Å². The van der Waals surface area contributed by atoms with Crippen LogP contribution in [0.1, 0.15) is 50.7 Å². The van der Waals surface area contributed by atoms with Gasteiger partial charge in [0.05, 0.1) is 30.6 Å². The zero-order valence-corrected chi connectivity index (χ0v) is 22.2. The molecule has 0 amide bonds. The Morgan fingerprint density at radius 2 is 1.78 bits per heavy atom. The summed E-state index contributed by atoms with van der Waals surface area (Å²) in [6.45, 7) is 5.85. The first-order chi connectivity index (χ1) is 17.2. The van der Waals surface area contributed by atoms with E-state index in [0.29, 0.717) is 46.9 Å². The van der Waals surface area contributed by atoms with Crippen molar-refractivity contribution in [3.63, 3.8) is 0 Å². The Bertz CT molecular complexity index is 1290. The van der Waals surface area contributed by atoms with Gasteiger partial charge in [-0.05, 0) is 32.4 Å². The van der Waals surface area contributed by atoms with Crippen molar-refractivity contribution in [2.45, 2.75) is 50.4 Å². The summed E-state index contributed by atoms with van der Waals surface area (Å²) in [5, 5.41) is 8.10. The molecular formula is C23H29ClN6O5S. The molecule has 194 valence electrons. The van der Waals surface area contributed by atoms with Gasteiger partial charge in [-0.3, -0.25) is 9.29 Å². The van der Waals surface area contributed by atoms with Gasteiger partial charge >= 0.3 is 0 Å². The zero-order chi connectivity index (χ0) is 26.0. The summed E-state index contributed by atoms with van der Waals surface area (Å²) < 4.78 is 48.3. The van der Waals surface area contributed by atoms with Crippen molar-refractivity contribution in [3.05, 3.63) is 47.3 Å². The highest BCUT2D eigenvalue weighted by molar-refractivity contribution is 7.93. The second-order valence-electron chi connectivity index (χ2n) is 8.60. The Kier molecular flexibility index (Phi) is 7.67. The molecule has 11 nitrogen and oxygen atoms in total. The molecule has 0 bridgehead atoms. The van der Waals surface area contributed by atoms with Gasteiger partial charge in [0.15, 0.2) is 0 Å². The van der Waals surface area contributed by atoms with E-state index in [1.807, 2.05) is 6.92 Å². The van der Waals surface area contributed by atoms with Crippen molar-refractivity contribution in [2.75, 3.05) is 25.5 Å². The van der Waals surface area contributed by atoms with Crippen LogP contribution in [0.15, 0.2) is 30.6 Å². The van der Waals surface area contributed by atoms with Crippen molar-refractivity contribution in [2.24, 2.45) is 0 Å². The maximum atomic E-state index is 13.5. The molecule has 1 aliphatic heterocycles. The minimum absolute atomic E-state index is 0.0166. The number of aromatic nitrogens is 5. The van der Waals surface area contributed by atoms with Gasteiger partial charge in [-0.2, -0.15) is 0 Å². The van der Waals surface area contributed by atoms with Gasteiger partial charge in [-0.25, -0.2) is 18.4 Å². The van der Waals surface area contributed by atoms with Crippen LogP contribution in [0.4, 0.5) is 5.95 Å². The van der Waals surface area contributed by atoms with Crippen LogP contribution < -0.4 is 14.2 Å². The number of nitrogens with one attached hydrogen (secondary N) is 1. The second kappa shape index (κ2) is 10.6. The molecule has 0 spiro atoms. The van der Waals surface area contributed by atoms with Gasteiger partial charge in [0.2, 0.25) is 16.0 Å². The average Bonchev–Trinajstić information content (AvgIpc) is 3.47. The van der Waals surface area contributed by atoms with Crippen molar-refractivity contribution >= 4 is 27.6 Å². The van der Waals surface area contributed by atoms with E-state index in [1.54, 1.807) is 36.6 Å². The molecular weight excluding hydrogens is 508 g/mol. The van der Waals surface area contributed by atoms with E-state index in [0.717, 1.165) is 0 Å². The second-order valence-corrected chi connectivity index (χ2v) is 11.1. The smallest absolute Gasteiger partial charge is 0.243 e. The van der Waals surface area contributed by atoms with E-state index < -0.39 is 21.2 Å². The number of anilines is 1. The lowest BCUT2D eigenvalue weighted by molar-refractivity contribution is 0.117. The Hall–Kier alpha value is -2.96. The lowest BCUT2D eigenvalue weighted by Gasteiger charge is -2.22. The van der Waals surface area contributed by atoms with Gasteiger partial charge in [0.1, 0.15) is 28.8 Å². The Morgan fingerprint density at radius 1 is 1.14 bits per heavy atom. The van der Waals surface area contributed by atoms with Crippen LogP contribution >= 0.6 is 11.6 Å². The minimum atomic E-state index is -3.96. The topological polar surface area (TPSA) is 130 Å². The zero-order valence-electron chi connectivity index (χ0n) is 20.7. The predicted molar refractivity (Wildman–Crippen MR) is 135 cm³/mol. The first kappa shape index (κ1) is 26.1. The molecule has 13 heteroatoms. The number of rotatable bonds is 9.